The Balaban J connectivity index is 1.72. The summed E-state index contributed by atoms with van der Waals surface area (Å²) in [5.74, 6) is 4.82. The molecule has 2 fully saturated rings. The van der Waals surface area contributed by atoms with Crippen LogP contribution in [0.5, 0.6) is 5.75 Å². The van der Waals surface area contributed by atoms with Crippen LogP contribution in [0.1, 0.15) is 56.1 Å². The van der Waals surface area contributed by atoms with Crippen molar-refractivity contribution in [2.75, 3.05) is 0 Å². The van der Waals surface area contributed by atoms with E-state index in [1.54, 1.807) is 0 Å². The van der Waals surface area contributed by atoms with E-state index in [0.29, 0.717) is 23.5 Å². The summed E-state index contributed by atoms with van der Waals surface area (Å²) < 4.78 is 0. The van der Waals surface area contributed by atoms with Crippen molar-refractivity contribution in [3.05, 3.63) is 29.3 Å². The molecule has 0 radical (unpaired) electrons. The average molecular weight is 296 g/mol. The van der Waals surface area contributed by atoms with E-state index < -0.39 is 5.60 Å². The van der Waals surface area contributed by atoms with Gasteiger partial charge in [-0.25, -0.2) is 0 Å². The lowest BCUT2D eigenvalue weighted by Crippen LogP contribution is -2.50. The van der Waals surface area contributed by atoms with Crippen LogP contribution < -0.4 is 0 Å². The number of rotatable bonds is 0. The second kappa shape index (κ2) is 4.52. The number of fused-ring (bicyclic) bond motifs is 5. The molecule has 4 rings (SSSR count). The van der Waals surface area contributed by atoms with Crippen molar-refractivity contribution >= 4 is 0 Å². The molecule has 2 nitrogen and oxygen atoms in total. The van der Waals surface area contributed by atoms with Crippen LogP contribution in [0.25, 0.3) is 0 Å². The maximum Gasteiger partial charge on any atom is 0.130 e. The van der Waals surface area contributed by atoms with E-state index in [1.165, 1.54) is 11.1 Å². The van der Waals surface area contributed by atoms with Crippen LogP contribution in [0, 0.1) is 29.6 Å². The summed E-state index contributed by atoms with van der Waals surface area (Å²) in [5, 5.41) is 20.6. The van der Waals surface area contributed by atoms with Crippen molar-refractivity contribution in [2.45, 2.75) is 57.0 Å². The van der Waals surface area contributed by atoms with Gasteiger partial charge in [0.2, 0.25) is 0 Å². The summed E-state index contributed by atoms with van der Waals surface area (Å²) in [6.07, 6.45) is 11.8. The smallest absolute Gasteiger partial charge is 0.130 e. The number of terminal acetylenes is 1. The molecule has 5 atom stereocenters. The maximum atomic E-state index is 10.9. The van der Waals surface area contributed by atoms with Gasteiger partial charge in [-0.3, -0.25) is 0 Å². The van der Waals surface area contributed by atoms with Crippen LogP contribution in [0.4, 0.5) is 0 Å². The molecule has 0 aliphatic heterocycles. The zero-order valence-corrected chi connectivity index (χ0v) is 13.2. The van der Waals surface area contributed by atoms with Crippen molar-refractivity contribution in [1.29, 1.82) is 0 Å². The van der Waals surface area contributed by atoms with Crippen molar-refractivity contribution in [1.82, 2.24) is 0 Å². The van der Waals surface area contributed by atoms with E-state index in [-0.39, 0.29) is 5.41 Å². The lowest BCUT2D eigenvalue weighted by atomic mass is 9.53. The molecule has 1 aromatic carbocycles. The lowest BCUT2D eigenvalue weighted by molar-refractivity contribution is -0.0646. The molecule has 0 amide bonds. The normalized spacial score (nSPS) is 42.9. The van der Waals surface area contributed by atoms with Crippen LogP contribution in [0.15, 0.2) is 18.2 Å². The van der Waals surface area contributed by atoms with Crippen molar-refractivity contribution in [3.63, 3.8) is 0 Å². The van der Waals surface area contributed by atoms with E-state index in [1.807, 2.05) is 12.1 Å². The first kappa shape index (κ1) is 14.2. The number of benzene rings is 1. The Bertz CT molecular complexity index is 658. The topological polar surface area (TPSA) is 40.5 Å². The molecule has 116 valence electrons. The zero-order valence-electron chi connectivity index (χ0n) is 13.2. The maximum absolute atomic E-state index is 10.9. The molecule has 2 heteroatoms. The Morgan fingerprint density at radius 1 is 1.23 bits per heavy atom. The molecule has 0 bridgehead atoms. The van der Waals surface area contributed by atoms with E-state index in [2.05, 4.69) is 18.9 Å². The minimum absolute atomic E-state index is 0.128. The Labute approximate surface area is 132 Å². The van der Waals surface area contributed by atoms with Crippen LogP contribution in [-0.4, -0.2) is 15.8 Å². The van der Waals surface area contributed by atoms with Crippen molar-refractivity contribution < 1.29 is 10.2 Å². The molecule has 0 aromatic heterocycles. The molecule has 2 saturated carbocycles. The summed E-state index contributed by atoms with van der Waals surface area (Å²) in [6, 6.07) is 5.87. The lowest BCUT2D eigenvalue weighted by Gasteiger charge is -2.52. The fourth-order valence-electron chi connectivity index (χ4n) is 5.82. The van der Waals surface area contributed by atoms with Gasteiger partial charge < -0.3 is 10.2 Å². The molecule has 3 aliphatic rings. The third-order valence-electron chi connectivity index (χ3n) is 7.10. The van der Waals surface area contributed by atoms with Crippen molar-refractivity contribution in [3.8, 4) is 18.1 Å². The molecule has 0 spiro atoms. The molecule has 4 unspecified atom stereocenters. The predicted molar refractivity (Wildman–Crippen MR) is 86.5 cm³/mol. The van der Waals surface area contributed by atoms with E-state index >= 15 is 0 Å². The first-order valence-electron chi connectivity index (χ1n) is 8.50. The number of hydrogen-bond acceptors (Lipinski definition) is 2. The fourth-order valence-corrected chi connectivity index (χ4v) is 5.82. The first-order valence-corrected chi connectivity index (χ1v) is 8.50. The molecule has 1 aromatic rings. The highest BCUT2D eigenvalue weighted by Gasteiger charge is 2.61. The summed E-state index contributed by atoms with van der Waals surface area (Å²) in [5.41, 5.74) is 1.69. The van der Waals surface area contributed by atoms with E-state index in [0.717, 1.165) is 38.5 Å². The Morgan fingerprint density at radius 3 is 2.82 bits per heavy atom. The number of hydrogen-bond donors (Lipinski definition) is 2. The highest BCUT2D eigenvalue weighted by atomic mass is 16.3. The van der Waals surface area contributed by atoms with Gasteiger partial charge in [0.05, 0.1) is 0 Å². The third-order valence-corrected chi connectivity index (χ3v) is 7.10. The van der Waals surface area contributed by atoms with Gasteiger partial charge in [0.15, 0.2) is 0 Å². The summed E-state index contributed by atoms with van der Waals surface area (Å²) in [4.78, 5) is 0. The van der Waals surface area contributed by atoms with Gasteiger partial charge in [0.25, 0.3) is 0 Å². The van der Waals surface area contributed by atoms with Crippen LogP contribution in [-0.2, 0) is 6.42 Å². The number of phenolic OH excluding ortho intramolecular Hbond substituents is 1. The first-order chi connectivity index (χ1) is 10.5. The average Bonchev–Trinajstić information content (AvgIpc) is 2.79. The summed E-state index contributed by atoms with van der Waals surface area (Å²) in [7, 11) is 0. The minimum Gasteiger partial charge on any atom is -0.508 e. The number of aryl methyl sites for hydroxylation is 1. The molecule has 0 saturated heterocycles. The predicted octanol–water partition coefficient (Wildman–Crippen LogP) is 3.61. The van der Waals surface area contributed by atoms with E-state index in [9.17, 15) is 10.2 Å². The standard InChI is InChI=1S/C20H24O2/c1-3-20(22)11-9-18-17-6-4-13-12-14(21)5-7-15(13)16(17)8-10-19(18,20)2/h1,5,7,12,16-18,21-22H,4,6,8-11H2,2H3/t16?,17?,18?,19?,20-/m0/s1. The van der Waals surface area contributed by atoms with Crippen LogP contribution in [0.3, 0.4) is 0 Å². The van der Waals surface area contributed by atoms with Crippen molar-refractivity contribution in [2.24, 2.45) is 17.3 Å². The summed E-state index contributed by atoms with van der Waals surface area (Å²) in [6.45, 7) is 2.22. The van der Waals surface area contributed by atoms with Crippen LogP contribution in [0.2, 0.25) is 0 Å². The number of aliphatic hydroxyl groups is 1. The second-order valence-corrected chi connectivity index (χ2v) is 7.80. The molecular formula is C20H24O2. The van der Waals surface area contributed by atoms with E-state index in [4.69, 9.17) is 6.42 Å². The molecule has 22 heavy (non-hydrogen) atoms. The Hall–Kier alpha value is -1.46. The van der Waals surface area contributed by atoms with Gasteiger partial charge in [-0.2, -0.15) is 0 Å². The van der Waals surface area contributed by atoms with Gasteiger partial charge in [-0.15, -0.1) is 6.42 Å². The molecule has 2 N–H and O–H groups in total. The third kappa shape index (κ3) is 1.66. The highest BCUT2D eigenvalue weighted by Crippen LogP contribution is 2.64. The number of aromatic hydroxyl groups is 1. The fraction of sp³-hybridized carbons (Fsp3) is 0.600. The quantitative estimate of drug-likeness (QED) is 0.718. The Morgan fingerprint density at radius 2 is 2.05 bits per heavy atom. The highest BCUT2D eigenvalue weighted by molar-refractivity contribution is 5.40. The SMILES string of the molecule is C#C[C@]1(O)CCC2C3CCc4cc(O)ccc4C3CCC21C. The largest absolute Gasteiger partial charge is 0.508 e. The zero-order chi connectivity index (χ0) is 15.5. The van der Waals surface area contributed by atoms with Crippen LogP contribution >= 0.6 is 0 Å². The summed E-state index contributed by atoms with van der Waals surface area (Å²) >= 11 is 0. The second-order valence-electron chi connectivity index (χ2n) is 7.80. The number of phenols is 1. The van der Waals surface area contributed by atoms with Gasteiger partial charge in [-0.05, 0) is 79.5 Å². The minimum atomic E-state index is -0.919. The van der Waals surface area contributed by atoms with Gasteiger partial charge in [0.1, 0.15) is 11.4 Å². The molecule has 0 heterocycles. The monoisotopic (exact) mass is 296 g/mol. The van der Waals surface area contributed by atoms with Gasteiger partial charge >= 0.3 is 0 Å². The Kier molecular flexibility index (Phi) is 2.91. The van der Waals surface area contributed by atoms with Gasteiger partial charge in [0, 0.05) is 5.41 Å². The molecular weight excluding hydrogens is 272 g/mol. The van der Waals surface area contributed by atoms with Gasteiger partial charge in [-0.1, -0.05) is 18.9 Å². The molecule has 3 aliphatic carbocycles.